The molecule has 1 amide bonds. The smallest absolute Gasteiger partial charge is 0.407 e. The van der Waals surface area contributed by atoms with Crippen molar-refractivity contribution < 1.29 is 9.53 Å². The van der Waals surface area contributed by atoms with Crippen molar-refractivity contribution in [3.8, 4) is 0 Å². The van der Waals surface area contributed by atoms with Gasteiger partial charge in [0.1, 0.15) is 5.60 Å². The van der Waals surface area contributed by atoms with E-state index >= 15 is 0 Å². The van der Waals surface area contributed by atoms with Gasteiger partial charge in [-0.05, 0) is 20.8 Å². The van der Waals surface area contributed by atoms with E-state index in [-0.39, 0.29) is 17.3 Å². The lowest BCUT2D eigenvalue weighted by Gasteiger charge is -2.19. The van der Waals surface area contributed by atoms with Crippen molar-refractivity contribution in [2.75, 3.05) is 0 Å². The zero-order chi connectivity index (χ0) is 13.9. The molecule has 0 aliphatic rings. The molecule has 7 heteroatoms. The van der Waals surface area contributed by atoms with Crippen LogP contribution in [-0.4, -0.2) is 21.5 Å². The third kappa shape index (κ3) is 4.37. The Hall–Kier alpha value is -1.56. The van der Waals surface area contributed by atoms with Gasteiger partial charge in [0, 0.05) is 25.2 Å². The Balaban J connectivity index is 2.67. The average molecular weight is 274 g/mol. The molecule has 1 aromatic heterocycles. The molecule has 0 bridgehead atoms. The van der Waals surface area contributed by atoms with Crippen LogP contribution in [0.25, 0.3) is 0 Å². The fourth-order valence-electron chi connectivity index (χ4n) is 1.15. The van der Waals surface area contributed by atoms with Crippen molar-refractivity contribution in [3.63, 3.8) is 0 Å². The molecule has 0 radical (unpaired) electrons. The molecule has 0 fully saturated rings. The minimum Gasteiger partial charge on any atom is -0.444 e. The molecular weight excluding hydrogens is 258 g/mol. The number of alkyl carbamates (subject to hydrolysis) is 1. The molecule has 0 saturated heterocycles. The summed E-state index contributed by atoms with van der Waals surface area (Å²) >= 11 is 5.86. The predicted molar refractivity (Wildman–Crippen MR) is 67.6 cm³/mol. The van der Waals surface area contributed by atoms with Gasteiger partial charge in [-0.15, -0.1) is 0 Å². The fraction of sp³-hybridized carbons (Fsp3) is 0.545. The quantitative estimate of drug-likeness (QED) is 0.885. The Bertz CT molecular complexity index is 505. The van der Waals surface area contributed by atoms with E-state index in [1.807, 2.05) is 0 Å². The second-order valence-corrected chi connectivity index (χ2v) is 5.14. The van der Waals surface area contributed by atoms with Crippen molar-refractivity contribution >= 4 is 17.7 Å². The van der Waals surface area contributed by atoms with Gasteiger partial charge in [0.05, 0.1) is 0 Å². The molecule has 100 valence electrons. The molecule has 6 nitrogen and oxygen atoms in total. The molecule has 0 saturated carbocycles. The van der Waals surface area contributed by atoms with E-state index in [1.54, 1.807) is 20.8 Å². The molecule has 0 atom stereocenters. The number of carbonyl (C=O) groups excluding carboxylic acids is 1. The van der Waals surface area contributed by atoms with Crippen LogP contribution >= 0.6 is 11.6 Å². The summed E-state index contributed by atoms with van der Waals surface area (Å²) in [6.07, 6.45) is -0.570. The van der Waals surface area contributed by atoms with Gasteiger partial charge in [-0.3, -0.25) is 4.79 Å². The van der Waals surface area contributed by atoms with Crippen LogP contribution in [0.1, 0.15) is 26.3 Å². The Morgan fingerprint density at radius 1 is 1.56 bits per heavy atom. The molecule has 1 rings (SSSR count). The minimum absolute atomic E-state index is 0.0941. The molecule has 0 aliphatic carbocycles. The molecular formula is C11H16ClN3O3. The maximum absolute atomic E-state index is 11.4. The number of halogens is 1. The van der Waals surface area contributed by atoms with Crippen LogP contribution in [-0.2, 0) is 18.3 Å². The summed E-state index contributed by atoms with van der Waals surface area (Å²) in [7, 11) is 1.50. The lowest BCUT2D eigenvalue weighted by atomic mass is 10.2. The molecule has 0 aliphatic heterocycles. The van der Waals surface area contributed by atoms with E-state index in [4.69, 9.17) is 16.3 Å². The van der Waals surface area contributed by atoms with Crippen molar-refractivity contribution in [2.45, 2.75) is 32.9 Å². The third-order valence-corrected chi connectivity index (χ3v) is 2.26. The largest absolute Gasteiger partial charge is 0.444 e. The molecule has 18 heavy (non-hydrogen) atoms. The third-order valence-electron chi connectivity index (χ3n) is 1.94. The fourth-order valence-corrected chi connectivity index (χ4v) is 1.39. The maximum Gasteiger partial charge on any atom is 0.407 e. The monoisotopic (exact) mass is 273 g/mol. The van der Waals surface area contributed by atoms with Crippen LogP contribution in [0.15, 0.2) is 10.9 Å². The number of aryl methyl sites for hydroxylation is 1. The first-order valence-electron chi connectivity index (χ1n) is 5.38. The minimum atomic E-state index is -0.570. The highest BCUT2D eigenvalue weighted by Gasteiger charge is 2.16. The van der Waals surface area contributed by atoms with Gasteiger partial charge >= 0.3 is 6.09 Å². The summed E-state index contributed by atoms with van der Waals surface area (Å²) in [5, 5.41) is 6.49. The van der Waals surface area contributed by atoms with Crippen molar-refractivity contribution in [1.82, 2.24) is 15.1 Å². The summed E-state index contributed by atoms with van der Waals surface area (Å²) in [6.45, 7) is 5.38. The second-order valence-electron chi connectivity index (χ2n) is 4.78. The number of aromatic nitrogens is 2. The topological polar surface area (TPSA) is 73.2 Å². The van der Waals surface area contributed by atoms with Crippen LogP contribution in [0.3, 0.4) is 0 Å². The van der Waals surface area contributed by atoms with Crippen LogP contribution in [0.2, 0.25) is 5.15 Å². The summed E-state index contributed by atoms with van der Waals surface area (Å²) in [5.74, 6) is 0. The predicted octanol–water partition coefficient (Wildman–Crippen LogP) is 1.46. The standard InChI is InChI=1S/C11H16ClN3O3/c1-11(2,3)18-10(17)13-6-7-5-8(16)15(4)14-9(7)12/h5H,6H2,1-4H3,(H,13,17). The van der Waals surface area contributed by atoms with E-state index < -0.39 is 11.7 Å². The number of hydrogen-bond acceptors (Lipinski definition) is 4. The van der Waals surface area contributed by atoms with E-state index in [0.717, 1.165) is 4.68 Å². The van der Waals surface area contributed by atoms with Gasteiger partial charge in [0.25, 0.3) is 5.56 Å². The molecule has 0 spiro atoms. The van der Waals surface area contributed by atoms with Gasteiger partial charge in [0.2, 0.25) is 0 Å². The van der Waals surface area contributed by atoms with Gasteiger partial charge in [-0.2, -0.15) is 5.10 Å². The van der Waals surface area contributed by atoms with Crippen molar-refractivity contribution in [1.29, 1.82) is 0 Å². The van der Waals surface area contributed by atoms with Crippen LogP contribution < -0.4 is 10.9 Å². The van der Waals surface area contributed by atoms with E-state index in [1.165, 1.54) is 13.1 Å². The van der Waals surface area contributed by atoms with E-state index in [9.17, 15) is 9.59 Å². The Labute approximate surface area is 110 Å². The maximum atomic E-state index is 11.4. The number of rotatable bonds is 2. The number of hydrogen-bond donors (Lipinski definition) is 1. The Kier molecular flexibility index (Phi) is 4.34. The van der Waals surface area contributed by atoms with E-state index in [2.05, 4.69) is 10.4 Å². The lowest BCUT2D eigenvalue weighted by molar-refractivity contribution is 0.0523. The number of amides is 1. The zero-order valence-electron chi connectivity index (χ0n) is 10.8. The van der Waals surface area contributed by atoms with Gasteiger partial charge in [-0.25, -0.2) is 9.48 Å². The molecule has 1 aromatic rings. The normalized spacial score (nSPS) is 11.2. The summed E-state index contributed by atoms with van der Waals surface area (Å²) in [6, 6.07) is 1.33. The lowest BCUT2D eigenvalue weighted by Crippen LogP contribution is -2.32. The highest BCUT2D eigenvalue weighted by Crippen LogP contribution is 2.10. The number of carbonyl (C=O) groups is 1. The summed E-state index contributed by atoms with van der Waals surface area (Å²) in [4.78, 5) is 22.8. The molecule has 0 aromatic carbocycles. The average Bonchev–Trinajstić information content (AvgIpc) is 2.19. The van der Waals surface area contributed by atoms with Gasteiger partial charge in [0.15, 0.2) is 5.15 Å². The van der Waals surface area contributed by atoms with Crippen LogP contribution in [0.4, 0.5) is 4.79 Å². The number of ether oxygens (including phenoxy) is 1. The van der Waals surface area contributed by atoms with Gasteiger partial charge < -0.3 is 10.1 Å². The van der Waals surface area contributed by atoms with Crippen LogP contribution in [0, 0.1) is 0 Å². The van der Waals surface area contributed by atoms with E-state index in [0.29, 0.717) is 5.56 Å². The second kappa shape index (κ2) is 5.39. The Morgan fingerprint density at radius 2 is 2.17 bits per heavy atom. The Morgan fingerprint density at radius 3 is 2.72 bits per heavy atom. The first kappa shape index (κ1) is 14.5. The highest BCUT2D eigenvalue weighted by atomic mass is 35.5. The number of nitrogens with zero attached hydrogens (tertiary/aromatic N) is 2. The van der Waals surface area contributed by atoms with Crippen LogP contribution in [0.5, 0.6) is 0 Å². The van der Waals surface area contributed by atoms with Crippen molar-refractivity contribution in [3.05, 3.63) is 27.1 Å². The molecule has 1 N–H and O–H groups in total. The summed E-state index contributed by atoms with van der Waals surface area (Å²) in [5.41, 5.74) is -0.412. The summed E-state index contributed by atoms with van der Waals surface area (Å²) < 4.78 is 6.18. The molecule has 0 unspecified atom stereocenters. The van der Waals surface area contributed by atoms with Crippen molar-refractivity contribution in [2.24, 2.45) is 7.05 Å². The van der Waals surface area contributed by atoms with Gasteiger partial charge in [-0.1, -0.05) is 11.6 Å². The number of nitrogens with one attached hydrogen (secondary N) is 1. The first-order valence-corrected chi connectivity index (χ1v) is 5.76. The first-order chi connectivity index (χ1) is 8.19. The zero-order valence-corrected chi connectivity index (χ0v) is 11.5. The molecule has 1 heterocycles. The highest BCUT2D eigenvalue weighted by molar-refractivity contribution is 6.30. The SMILES string of the molecule is Cn1nc(Cl)c(CNC(=O)OC(C)(C)C)cc1=O.